The second-order valence-corrected chi connectivity index (χ2v) is 9.15. The Morgan fingerprint density at radius 2 is 1.27 bits per heavy atom. The van der Waals surface area contributed by atoms with Gasteiger partial charge in [-0.25, -0.2) is 19.6 Å². The van der Waals surface area contributed by atoms with Gasteiger partial charge in [-0.15, -0.1) is 0 Å². The first-order valence-corrected chi connectivity index (χ1v) is 10.0. The molecule has 1 aromatic rings. The number of hydrazine groups is 1. The van der Waals surface area contributed by atoms with Crippen molar-refractivity contribution in [3.05, 3.63) is 34.7 Å². The standard InChI is InChI=1S/C21H32N4O5/c1-20(2,3)29-18(26)24-13-11-23(17-9-7-16(8-10-17)15-22-28)12-14-25(24)19(27)30-21(4,5)6/h7-10H,11-15H2,1-6H3. The van der Waals surface area contributed by atoms with Crippen molar-refractivity contribution in [1.82, 2.24) is 10.0 Å². The monoisotopic (exact) mass is 420 g/mol. The number of nitrogens with zero attached hydrogens (tertiary/aromatic N) is 4. The summed E-state index contributed by atoms with van der Waals surface area (Å²) < 4.78 is 11.0. The van der Waals surface area contributed by atoms with Crippen LogP contribution in [0, 0.1) is 4.91 Å². The highest BCUT2D eigenvalue weighted by Gasteiger charge is 2.35. The molecule has 0 spiro atoms. The molecule has 1 heterocycles. The van der Waals surface area contributed by atoms with Crippen LogP contribution in [0.5, 0.6) is 0 Å². The summed E-state index contributed by atoms with van der Waals surface area (Å²) in [5.41, 5.74) is 0.380. The smallest absolute Gasteiger partial charge is 0.429 e. The van der Waals surface area contributed by atoms with Crippen LogP contribution in [0.4, 0.5) is 15.3 Å². The van der Waals surface area contributed by atoms with E-state index in [2.05, 4.69) is 10.1 Å². The molecule has 0 radical (unpaired) electrons. The number of carbonyl (C=O) groups is 2. The molecule has 1 saturated heterocycles. The summed E-state index contributed by atoms with van der Waals surface area (Å²) in [7, 11) is 0. The Bertz CT molecular complexity index is 714. The number of benzene rings is 1. The summed E-state index contributed by atoms with van der Waals surface area (Å²) in [5, 5.41) is 5.52. The van der Waals surface area contributed by atoms with E-state index >= 15 is 0 Å². The van der Waals surface area contributed by atoms with Crippen molar-refractivity contribution < 1.29 is 19.1 Å². The molecule has 1 fully saturated rings. The number of carbonyl (C=O) groups excluding carboxylic acids is 2. The highest BCUT2D eigenvalue weighted by molar-refractivity contribution is 5.75. The first-order valence-electron chi connectivity index (χ1n) is 10.0. The molecule has 0 N–H and O–H groups in total. The van der Waals surface area contributed by atoms with Gasteiger partial charge < -0.3 is 14.4 Å². The van der Waals surface area contributed by atoms with Crippen LogP contribution in [0.25, 0.3) is 0 Å². The highest BCUT2D eigenvalue weighted by Crippen LogP contribution is 2.21. The SMILES string of the molecule is CC(C)(C)OC(=O)N1CCN(c2ccc(CN=O)cc2)CCN1C(=O)OC(C)(C)C. The Labute approximate surface area is 177 Å². The molecule has 0 aliphatic carbocycles. The third-order valence-corrected chi connectivity index (χ3v) is 4.21. The lowest BCUT2D eigenvalue weighted by Gasteiger charge is -2.35. The third-order valence-electron chi connectivity index (χ3n) is 4.21. The molecular formula is C21H32N4O5. The van der Waals surface area contributed by atoms with Crippen molar-refractivity contribution in [2.45, 2.75) is 59.3 Å². The maximum Gasteiger partial charge on any atom is 0.429 e. The van der Waals surface area contributed by atoms with Crippen molar-refractivity contribution in [3.63, 3.8) is 0 Å². The first kappa shape index (κ1) is 23.4. The molecular weight excluding hydrogens is 388 g/mol. The lowest BCUT2D eigenvalue weighted by Crippen LogP contribution is -2.53. The highest BCUT2D eigenvalue weighted by atomic mass is 16.6. The number of nitroso groups, excluding NO2 is 1. The molecule has 1 aromatic carbocycles. The maximum absolute atomic E-state index is 12.8. The van der Waals surface area contributed by atoms with Crippen molar-refractivity contribution in [2.75, 3.05) is 31.1 Å². The molecule has 1 aliphatic rings. The molecule has 0 atom stereocenters. The molecule has 0 bridgehead atoms. The number of amides is 2. The van der Waals surface area contributed by atoms with Gasteiger partial charge in [-0.2, -0.15) is 4.91 Å². The maximum atomic E-state index is 12.8. The van der Waals surface area contributed by atoms with Crippen LogP contribution in [0.3, 0.4) is 0 Å². The molecule has 166 valence electrons. The van der Waals surface area contributed by atoms with Crippen molar-refractivity contribution in [3.8, 4) is 0 Å². The number of hydrogen-bond donors (Lipinski definition) is 0. The lowest BCUT2D eigenvalue weighted by atomic mass is 10.2. The van der Waals surface area contributed by atoms with Gasteiger partial charge in [-0.3, -0.25) is 0 Å². The van der Waals surface area contributed by atoms with Crippen LogP contribution in [0.2, 0.25) is 0 Å². The molecule has 2 rings (SSSR count). The summed E-state index contributed by atoms with van der Waals surface area (Å²) in [6, 6.07) is 7.50. The van der Waals surface area contributed by atoms with Gasteiger partial charge in [0, 0.05) is 18.8 Å². The molecule has 9 heteroatoms. The van der Waals surface area contributed by atoms with E-state index in [0.29, 0.717) is 13.1 Å². The predicted octanol–water partition coefficient (Wildman–Crippen LogP) is 4.16. The van der Waals surface area contributed by atoms with E-state index in [4.69, 9.17) is 9.47 Å². The van der Waals surface area contributed by atoms with Crippen LogP contribution < -0.4 is 4.90 Å². The van der Waals surface area contributed by atoms with E-state index in [1.165, 1.54) is 10.0 Å². The van der Waals surface area contributed by atoms with Gasteiger partial charge in [0.15, 0.2) is 0 Å². The zero-order chi connectivity index (χ0) is 22.5. The zero-order valence-electron chi connectivity index (χ0n) is 18.7. The average molecular weight is 421 g/mol. The number of ether oxygens (including phenoxy) is 2. The van der Waals surface area contributed by atoms with E-state index < -0.39 is 23.4 Å². The van der Waals surface area contributed by atoms with Crippen molar-refractivity contribution in [2.24, 2.45) is 5.18 Å². The normalized spacial score (nSPS) is 15.5. The van der Waals surface area contributed by atoms with Gasteiger partial charge in [-0.05, 0) is 59.2 Å². The fraction of sp³-hybridized carbons (Fsp3) is 0.619. The van der Waals surface area contributed by atoms with Gasteiger partial charge in [0.05, 0.1) is 13.1 Å². The summed E-state index contributed by atoms with van der Waals surface area (Å²) >= 11 is 0. The van der Waals surface area contributed by atoms with Crippen LogP contribution in [-0.2, 0) is 16.0 Å². The quantitative estimate of drug-likeness (QED) is 0.682. The summed E-state index contributed by atoms with van der Waals surface area (Å²) in [4.78, 5) is 38.1. The lowest BCUT2D eigenvalue weighted by molar-refractivity contribution is -0.0572. The second-order valence-electron chi connectivity index (χ2n) is 9.15. The van der Waals surface area contributed by atoms with E-state index in [1.54, 1.807) is 41.5 Å². The summed E-state index contributed by atoms with van der Waals surface area (Å²) in [6.07, 6.45) is -1.19. The first-order chi connectivity index (χ1) is 13.9. The van der Waals surface area contributed by atoms with Crippen LogP contribution >= 0.6 is 0 Å². The van der Waals surface area contributed by atoms with Gasteiger partial charge in [-0.1, -0.05) is 17.3 Å². The van der Waals surface area contributed by atoms with Crippen molar-refractivity contribution >= 4 is 17.9 Å². The number of anilines is 1. The topological polar surface area (TPSA) is 91.8 Å². The molecule has 1 aliphatic heterocycles. The minimum atomic E-state index is -0.689. The van der Waals surface area contributed by atoms with E-state index in [9.17, 15) is 14.5 Å². The minimum absolute atomic E-state index is 0.124. The average Bonchev–Trinajstić information content (AvgIpc) is 2.83. The second kappa shape index (κ2) is 9.32. The molecule has 30 heavy (non-hydrogen) atoms. The Balaban J connectivity index is 2.22. The fourth-order valence-corrected chi connectivity index (χ4v) is 2.94. The predicted molar refractivity (Wildman–Crippen MR) is 114 cm³/mol. The summed E-state index contributed by atoms with van der Waals surface area (Å²) in [5.74, 6) is 0. The number of hydrogen-bond acceptors (Lipinski definition) is 7. The van der Waals surface area contributed by atoms with E-state index in [1.807, 2.05) is 24.3 Å². The third kappa shape index (κ3) is 6.89. The van der Waals surface area contributed by atoms with Crippen LogP contribution in [-0.4, -0.2) is 59.6 Å². The molecule has 0 unspecified atom stereocenters. The Kier molecular flexibility index (Phi) is 7.28. The molecule has 9 nitrogen and oxygen atoms in total. The largest absolute Gasteiger partial charge is 0.442 e. The number of rotatable bonds is 3. The Hall–Kier alpha value is -2.84. The van der Waals surface area contributed by atoms with Gasteiger partial charge in [0.25, 0.3) is 0 Å². The Morgan fingerprint density at radius 1 is 0.833 bits per heavy atom. The van der Waals surface area contributed by atoms with Gasteiger partial charge in [0.2, 0.25) is 0 Å². The summed E-state index contributed by atoms with van der Waals surface area (Å²) in [6.45, 7) is 12.3. The van der Waals surface area contributed by atoms with Crippen LogP contribution in [0.15, 0.2) is 29.4 Å². The van der Waals surface area contributed by atoms with Crippen molar-refractivity contribution in [1.29, 1.82) is 0 Å². The Morgan fingerprint density at radius 3 is 1.63 bits per heavy atom. The molecule has 0 saturated carbocycles. The fourth-order valence-electron chi connectivity index (χ4n) is 2.94. The van der Waals surface area contributed by atoms with Gasteiger partial charge in [0.1, 0.15) is 17.7 Å². The van der Waals surface area contributed by atoms with Gasteiger partial charge >= 0.3 is 12.2 Å². The molecule has 2 amide bonds. The van der Waals surface area contributed by atoms with E-state index in [0.717, 1.165) is 11.3 Å². The van der Waals surface area contributed by atoms with E-state index in [-0.39, 0.29) is 19.6 Å². The van der Waals surface area contributed by atoms with Crippen LogP contribution in [0.1, 0.15) is 47.1 Å². The zero-order valence-corrected chi connectivity index (χ0v) is 18.7. The minimum Gasteiger partial charge on any atom is -0.442 e. The molecule has 0 aromatic heterocycles.